The van der Waals surface area contributed by atoms with E-state index in [2.05, 4.69) is 10.6 Å². The summed E-state index contributed by atoms with van der Waals surface area (Å²) in [5.41, 5.74) is 0.808. The number of nitrogens with one attached hydrogen (secondary N) is 2. The van der Waals surface area contributed by atoms with Gasteiger partial charge < -0.3 is 10.6 Å². The van der Waals surface area contributed by atoms with Gasteiger partial charge in [-0.3, -0.25) is 19.7 Å². The Balaban J connectivity index is 1.93. The number of benzene rings is 3. The molecule has 3 rings (SSSR count). The second-order valence-corrected chi connectivity index (χ2v) is 7.21. The summed E-state index contributed by atoms with van der Waals surface area (Å²) in [5, 5.41) is 17.1. The predicted octanol–water partition coefficient (Wildman–Crippen LogP) is 5.31. The van der Waals surface area contributed by atoms with Crippen LogP contribution >= 0.6 is 23.2 Å². The van der Waals surface area contributed by atoms with E-state index in [4.69, 9.17) is 23.2 Å². The lowest BCUT2D eigenvalue weighted by Crippen LogP contribution is -2.30. The predicted molar refractivity (Wildman–Crippen MR) is 120 cm³/mol. The van der Waals surface area contributed by atoms with E-state index < -0.39 is 16.7 Å². The summed E-state index contributed by atoms with van der Waals surface area (Å²) in [5.74, 6) is -1.19. The molecule has 0 heterocycles. The highest BCUT2D eigenvalue weighted by atomic mass is 35.5. The Morgan fingerprint density at radius 3 is 2.29 bits per heavy atom. The Kier molecular flexibility index (Phi) is 7.02. The topological polar surface area (TPSA) is 101 Å². The molecule has 0 radical (unpaired) electrons. The van der Waals surface area contributed by atoms with Gasteiger partial charge in [0.05, 0.1) is 4.92 Å². The van der Waals surface area contributed by atoms with Crippen molar-refractivity contribution in [3.63, 3.8) is 0 Å². The van der Waals surface area contributed by atoms with Crippen LogP contribution in [0, 0.1) is 10.1 Å². The van der Waals surface area contributed by atoms with Gasteiger partial charge in [0.15, 0.2) is 0 Å². The van der Waals surface area contributed by atoms with E-state index in [1.165, 1.54) is 30.3 Å². The van der Waals surface area contributed by atoms with Gasteiger partial charge in [-0.2, -0.15) is 0 Å². The van der Waals surface area contributed by atoms with E-state index in [0.717, 1.165) is 0 Å². The van der Waals surface area contributed by atoms with Crippen molar-refractivity contribution in [1.29, 1.82) is 0 Å². The molecular formula is C22H15Cl2N3O4. The van der Waals surface area contributed by atoms with E-state index in [1.807, 2.05) is 0 Å². The molecule has 0 unspecified atom stereocenters. The standard InChI is InChI=1S/C22H15Cl2N3O4/c23-16-7-9-18(10-8-16)25-22(29)20(12-14-3-1-6-19(11-14)27(30)31)26-21(28)15-4-2-5-17(24)13-15/h1-13H,(H,25,29)(H,26,28). The summed E-state index contributed by atoms with van der Waals surface area (Å²) in [6, 6.07) is 18.3. The minimum atomic E-state index is -0.621. The molecule has 156 valence electrons. The SMILES string of the molecule is O=C(Nc1ccc(Cl)cc1)C(=Cc1cccc([N+](=O)[O-])c1)NC(=O)c1cccc(Cl)c1. The fourth-order valence-electron chi connectivity index (χ4n) is 2.61. The Labute approximate surface area is 187 Å². The van der Waals surface area contributed by atoms with Crippen LogP contribution in [0.1, 0.15) is 15.9 Å². The monoisotopic (exact) mass is 455 g/mol. The summed E-state index contributed by atoms with van der Waals surface area (Å²) in [4.78, 5) is 36.0. The molecule has 7 nitrogen and oxygen atoms in total. The molecule has 31 heavy (non-hydrogen) atoms. The molecule has 2 N–H and O–H groups in total. The van der Waals surface area contributed by atoms with Crippen LogP contribution in [-0.2, 0) is 4.79 Å². The van der Waals surface area contributed by atoms with Gasteiger partial charge in [-0.1, -0.05) is 41.4 Å². The summed E-state index contributed by atoms with van der Waals surface area (Å²) in [6.07, 6.45) is 1.35. The third kappa shape index (κ3) is 6.15. The number of nitro groups is 1. The Morgan fingerprint density at radius 1 is 0.903 bits per heavy atom. The zero-order valence-electron chi connectivity index (χ0n) is 15.8. The molecule has 0 aliphatic rings. The van der Waals surface area contributed by atoms with Gasteiger partial charge in [0.2, 0.25) is 0 Å². The highest BCUT2D eigenvalue weighted by Crippen LogP contribution is 2.18. The van der Waals surface area contributed by atoms with Gasteiger partial charge in [0, 0.05) is 33.4 Å². The van der Waals surface area contributed by atoms with Crippen molar-refractivity contribution in [2.45, 2.75) is 0 Å². The van der Waals surface area contributed by atoms with Crippen molar-refractivity contribution < 1.29 is 14.5 Å². The number of nitrogens with zero attached hydrogens (tertiary/aromatic N) is 1. The van der Waals surface area contributed by atoms with Crippen molar-refractivity contribution in [2.75, 3.05) is 5.32 Å². The van der Waals surface area contributed by atoms with E-state index in [-0.39, 0.29) is 16.9 Å². The highest BCUT2D eigenvalue weighted by molar-refractivity contribution is 6.31. The lowest BCUT2D eigenvalue weighted by Gasteiger charge is -2.12. The smallest absolute Gasteiger partial charge is 0.272 e. The summed E-state index contributed by atoms with van der Waals surface area (Å²) in [7, 11) is 0. The number of amides is 2. The number of carbonyl (C=O) groups is 2. The highest BCUT2D eigenvalue weighted by Gasteiger charge is 2.16. The molecule has 0 spiro atoms. The van der Waals surface area contributed by atoms with Crippen molar-refractivity contribution in [1.82, 2.24) is 5.32 Å². The number of non-ortho nitro benzene ring substituents is 1. The maximum Gasteiger partial charge on any atom is 0.272 e. The van der Waals surface area contributed by atoms with E-state index >= 15 is 0 Å². The molecule has 0 aliphatic heterocycles. The van der Waals surface area contributed by atoms with E-state index in [1.54, 1.807) is 48.5 Å². The normalized spacial score (nSPS) is 11.0. The van der Waals surface area contributed by atoms with E-state index in [0.29, 0.717) is 21.3 Å². The van der Waals surface area contributed by atoms with Crippen LogP contribution < -0.4 is 10.6 Å². The van der Waals surface area contributed by atoms with Gasteiger partial charge in [0.25, 0.3) is 17.5 Å². The number of nitro benzene ring substituents is 1. The summed E-state index contributed by atoms with van der Waals surface area (Å²) >= 11 is 11.8. The van der Waals surface area contributed by atoms with Crippen LogP contribution in [0.15, 0.2) is 78.5 Å². The van der Waals surface area contributed by atoms with Gasteiger partial charge in [-0.25, -0.2) is 0 Å². The molecule has 0 bridgehead atoms. The molecule has 3 aromatic carbocycles. The Hall–Kier alpha value is -3.68. The van der Waals surface area contributed by atoms with Crippen molar-refractivity contribution in [3.05, 3.63) is 110 Å². The molecule has 0 aromatic heterocycles. The first-order valence-electron chi connectivity index (χ1n) is 8.92. The van der Waals surface area contributed by atoms with Crippen molar-refractivity contribution >= 4 is 52.5 Å². The number of hydrogen-bond donors (Lipinski definition) is 2. The van der Waals surface area contributed by atoms with Crippen molar-refractivity contribution in [2.24, 2.45) is 0 Å². The fraction of sp³-hybridized carbons (Fsp3) is 0. The zero-order valence-corrected chi connectivity index (χ0v) is 17.4. The van der Waals surface area contributed by atoms with Crippen LogP contribution in [0.2, 0.25) is 10.0 Å². The fourth-order valence-corrected chi connectivity index (χ4v) is 2.93. The average Bonchev–Trinajstić information content (AvgIpc) is 2.75. The van der Waals surface area contributed by atoms with E-state index in [9.17, 15) is 19.7 Å². The largest absolute Gasteiger partial charge is 0.321 e. The number of carbonyl (C=O) groups excluding carboxylic acids is 2. The Morgan fingerprint density at radius 2 is 1.61 bits per heavy atom. The van der Waals surface area contributed by atoms with Gasteiger partial charge in [-0.05, 0) is 54.1 Å². The summed E-state index contributed by atoms with van der Waals surface area (Å²) in [6.45, 7) is 0. The Bertz CT molecular complexity index is 1180. The number of hydrogen-bond acceptors (Lipinski definition) is 4. The first-order valence-corrected chi connectivity index (χ1v) is 9.67. The molecule has 0 fully saturated rings. The van der Waals surface area contributed by atoms with Crippen LogP contribution in [-0.4, -0.2) is 16.7 Å². The van der Waals surface area contributed by atoms with Crippen LogP contribution in [0.3, 0.4) is 0 Å². The second-order valence-electron chi connectivity index (χ2n) is 6.34. The molecule has 0 atom stereocenters. The number of rotatable bonds is 6. The third-order valence-corrected chi connectivity index (χ3v) is 4.56. The van der Waals surface area contributed by atoms with Gasteiger partial charge in [-0.15, -0.1) is 0 Å². The molecular weight excluding hydrogens is 441 g/mol. The molecule has 0 aliphatic carbocycles. The second kappa shape index (κ2) is 9.88. The first-order chi connectivity index (χ1) is 14.8. The minimum Gasteiger partial charge on any atom is -0.321 e. The molecule has 0 saturated carbocycles. The van der Waals surface area contributed by atoms with Gasteiger partial charge >= 0.3 is 0 Å². The maximum absolute atomic E-state index is 12.9. The number of anilines is 1. The number of halogens is 2. The third-order valence-electron chi connectivity index (χ3n) is 4.07. The average molecular weight is 456 g/mol. The molecule has 3 aromatic rings. The van der Waals surface area contributed by atoms with Crippen LogP contribution in [0.4, 0.5) is 11.4 Å². The molecule has 2 amide bonds. The zero-order chi connectivity index (χ0) is 22.4. The first kappa shape index (κ1) is 22.0. The molecule has 0 saturated heterocycles. The minimum absolute atomic E-state index is 0.111. The quantitative estimate of drug-likeness (QED) is 0.298. The van der Waals surface area contributed by atoms with Crippen molar-refractivity contribution in [3.8, 4) is 0 Å². The lowest BCUT2D eigenvalue weighted by molar-refractivity contribution is -0.384. The lowest BCUT2D eigenvalue weighted by atomic mass is 10.1. The maximum atomic E-state index is 12.9. The summed E-state index contributed by atoms with van der Waals surface area (Å²) < 4.78 is 0. The van der Waals surface area contributed by atoms with Crippen LogP contribution in [0.5, 0.6) is 0 Å². The molecule has 9 heteroatoms. The van der Waals surface area contributed by atoms with Gasteiger partial charge in [0.1, 0.15) is 5.70 Å². The van der Waals surface area contributed by atoms with Crippen LogP contribution in [0.25, 0.3) is 6.08 Å².